The van der Waals surface area contributed by atoms with Crippen LogP contribution < -0.4 is 4.90 Å². The number of nitro benzene ring substituents is 1. The number of ether oxygens (including phenoxy) is 1. The van der Waals surface area contributed by atoms with E-state index in [1.807, 2.05) is 0 Å². The summed E-state index contributed by atoms with van der Waals surface area (Å²) in [6.07, 6.45) is 1.33. The Morgan fingerprint density at radius 3 is 2.58 bits per heavy atom. The Balaban J connectivity index is 2.05. The second kappa shape index (κ2) is 7.51. The summed E-state index contributed by atoms with van der Waals surface area (Å²) in [5, 5.41) is 28.9. The van der Waals surface area contributed by atoms with Crippen molar-refractivity contribution in [1.82, 2.24) is 0 Å². The van der Waals surface area contributed by atoms with Crippen LogP contribution in [0.5, 0.6) is 0 Å². The van der Waals surface area contributed by atoms with Crippen LogP contribution in [-0.4, -0.2) is 31.2 Å². The highest BCUT2D eigenvalue weighted by Gasteiger charge is 2.20. The number of nitriles is 2. The van der Waals surface area contributed by atoms with E-state index in [-0.39, 0.29) is 11.3 Å². The largest absolute Gasteiger partial charge is 0.457 e. The summed E-state index contributed by atoms with van der Waals surface area (Å²) in [4.78, 5) is 12.8. The van der Waals surface area contributed by atoms with E-state index in [9.17, 15) is 10.1 Å². The molecule has 1 fully saturated rings. The molecule has 8 nitrogen and oxygen atoms in total. The smallest absolute Gasteiger partial charge is 0.270 e. The molecule has 130 valence electrons. The van der Waals surface area contributed by atoms with Crippen LogP contribution in [0.3, 0.4) is 0 Å². The number of non-ortho nitro benzene ring substituents is 1. The molecule has 0 unspecified atom stereocenters. The van der Waals surface area contributed by atoms with E-state index in [0.717, 1.165) is 5.69 Å². The van der Waals surface area contributed by atoms with Crippen LogP contribution in [0.4, 0.5) is 11.4 Å². The maximum Gasteiger partial charge on any atom is 0.270 e. The molecular formula is C18H14N4O4. The first-order chi connectivity index (χ1) is 12.6. The van der Waals surface area contributed by atoms with E-state index in [1.165, 1.54) is 18.2 Å². The minimum atomic E-state index is -0.459. The average molecular weight is 350 g/mol. The summed E-state index contributed by atoms with van der Waals surface area (Å²) in [5.74, 6) is 0.759. The number of rotatable bonds is 4. The third kappa shape index (κ3) is 3.56. The predicted molar refractivity (Wildman–Crippen MR) is 93.0 cm³/mol. The SMILES string of the molecule is N#CC(C#N)=Cc1ccc(-c2cc([N+](=O)[O-])ccc2N2CCOCC2)o1. The molecular weight excluding hydrogens is 336 g/mol. The minimum Gasteiger partial charge on any atom is -0.457 e. The number of anilines is 1. The van der Waals surface area contributed by atoms with Crippen molar-refractivity contribution in [2.45, 2.75) is 0 Å². The Morgan fingerprint density at radius 1 is 1.19 bits per heavy atom. The Bertz CT molecular complexity index is 927. The fourth-order valence-electron chi connectivity index (χ4n) is 2.72. The standard InChI is InChI=1S/C18H14N4O4/c19-11-13(12-20)9-15-2-4-18(26-15)16-10-14(22(23)24)1-3-17(16)21-5-7-25-8-6-21/h1-4,9-10H,5-8H2. The summed E-state index contributed by atoms with van der Waals surface area (Å²) in [5.41, 5.74) is 1.26. The zero-order valence-corrected chi connectivity index (χ0v) is 13.7. The molecule has 1 aromatic heterocycles. The lowest BCUT2D eigenvalue weighted by molar-refractivity contribution is -0.384. The molecule has 0 radical (unpaired) electrons. The van der Waals surface area contributed by atoms with Crippen molar-refractivity contribution in [2.24, 2.45) is 0 Å². The van der Waals surface area contributed by atoms with Crippen molar-refractivity contribution < 1.29 is 14.1 Å². The molecule has 0 N–H and O–H groups in total. The zero-order valence-electron chi connectivity index (χ0n) is 13.7. The number of allylic oxidation sites excluding steroid dienone is 1. The number of hydrogen-bond acceptors (Lipinski definition) is 7. The first-order valence-electron chi connectivity index (χ1n) is 7.85. The van der Waals surface area contributed by atoms with Crippen LogP contribution in [0.15, 0.2) is 40.3 Å². The number of benzene rings is 1. The predicted octanol–water partition coefficient (Wildman–Crippen LogP) is 3.12. The number of furan rings is 1. The van der Waals surface area contributed by atoms with Gasteiger partial charge >= 0.3 is 0 Å². The number of morpholine rings is 1. The molecule has 0 aliphatic carbocycles. The van der Waals surface area contributed by atoms with Gasteiger partial charge in [0.15, 0.2) is 0 Å². The molecule has 0 saturated carbocycles. The Morgan fingerprint density at radius 2 is 1.92 bits per heavy atom. The molecule has 0 spiro atoms. The molecule has 2 aromatic rings. The monoisotopic (exact) mass is 350 g/mol. The molecule has 1 aliphatic heterocycles. The van der Waals surface area contributed by atoms with Gasteiger partial charge in [0.05, 0.1) is 18.1 Å². The van der Waals surface area contributed by atoms with E-state index in [0.29, 0.717) is 43.4 Å². The van der Waals surface area contributed by atoms with Gasteiger partial charge in [0.25, 0.3) is 5.69 Å². The van der Waals surface area contributed by atoms with Crippen molar-refractivity contribution in [3.05, 3.63) is 51.8 Å². The highest BCUT2D eigenvalue weighted by atomic mass is 16.6. The van der Waals surface area contributed by atoms with Gasteiger partial charge < -0.3 is 14.1 Å². The van der Waals surface area contributed by atoms with Gasteiger partial charge in [-0.3, -0.25) is 10.1 Å². The van der Waals surface area contributed by atoms with Crippen LogP contribution >= 0.6 is 0 Å². The summed E-state index contributed by atoms with van der Waals surface area (Å²) in [6.45, 7) is 2.50. The van der Waals surface area contributed by atoms with E-state index >= 15 is 0 Å². The first kappa shape index (κ1) is 17.2. The summed E-state index contributed by atoms with van der Waals surface area (Å²) in [7, 11) is 0. The maximum absolute atomic E-state index is 11.2. The molecule has 1 aliphatic rings. The molecule has 3 rings (SSSR count). The second-order valence-electron chi connectivity index (χ2n) is 5.54. The normalized spacial score (nSPS) is 13.5. The summed E-state index contributed by atoms with van der Waals surface area (Å²) in [6, 6.07) is 11.4. The molecule has 0 bridgehead atoms. The van der Waals surface area contributed by atoms with Crippen LogP contribution in [0.25, 0.3) is 17.4 Å². The van der Waals surface area contributed by atoms with Gasteiger partial charge in [0.2, 0.25) is 0 Å². The van der Waals surface area contributed by atoms with E-state index < -0.39 is 4.92 Å². The molecule has 8 heteroatoms. The van der Waals surface area contributed by atoms with E-state index in [4.69, 9.17) is 19.7 Å². The average Bonchev–Trinajstić information content (AvgIpc) is 3.14. The van der Waals surface area contributed by atoms with Crippen LogP contribution in [-0.2, 0) is 4.74 Å². The van der Waals surface area contributed by atoms with Gasteiger partial charge in [0.1, 0.15) is 29.2 Å². The number of nitro groups is 1. The van der Waals surface area contributed by atoms with Gasteiger partial charge in [-0.25, -0.2) is 0 Å². The van der Waals surface area contributed by atoms with Gasteiger partial charge in [-0.05, 0) is 18.2 Å². The van der Waals surface area contributed by atoms with Crippen molar-refractivity contribution in [1.29, 1.82) is 10.5 Å². The third-order valence-electron chi connectivity index (χ3n) is 3.96. The van der Waals surface area contributed by atoms with Crippen molar-refractivity contribution in [3.8, 4) is 23.5 Å². The van der Waals surface area contributed by atoms with Gasteiger partial charge in [-0.1, -0.05) is 0 Å². The van der Waals surface area contributed by atoms with Gasteiger partial charge in [0, 0.05) is 42.5 Å². The summed E-state index contributed by atoms with van der Waals surface area (Å²) < 4.78 is 11.1. The molecule has 0 amide bonds. The van der Waals surface area contributed by atoms with E-state index in [1.54, 1.807) is 30.3 Å². The van der Waals surface area contributed by atoms with Crippen LogP contribution in [0.1, 0.15) is 5.76 Å². The number of nitrogens with zero attached hydrogens (tertiary/aromatic N) is 4. The third-order valence-corrected chi connectivity index (χ3v) is 3.96. The van der Waals surface area contributed by atoms with Crippen LogP contribution in [0, 0.1) is 32.8 Å². The van der Waals surface area contributed by atoms with Crippen molar-refractivity contribution in [3.63, 3.8) is 0 Å². The highest BCUT2D eigenvalue weighted by molar-refractivity contribution is 5.78. The molecule has 2 heterocycles. The lowest BCUT2D eigenvalue weighted by Crippen LogP contribution is -2.36. The second-order valence-corrected chi connectivity index (χ2v) is 5.54. The molecule has 26 heavy (non-hydrogen) atoms. The minimum absolute atomic E-state index is 0.0414. The maximum atomic E-state index is 11.2. The Kier molecular flexibility index (Phi) is 4.97. The molecule has 1 aromatic carbocycles. The number of hydrogen-bond donors (Lipinski definition) is 0. The van der Waals surface area contributed by atoms with E-state index in [2.05, 4.69) is 4.90 Å². The lowest BCUT2D eigenvalue weighted by Gasteiger charge is -2.30. The van der Waals surface area contributed by atoms with Crippen molar-refractivity contribution >= 4 is 17.5 Å². The zero-order chi connectivity index (χ0) is 18.5. The highest BCUT2D eigenvalue weighted by Crippen LogP contribution is 2.36. The quantitative estimate of drug-likeness (QED) is 0.472. The molecule has 1 saturated heterocycles. The van der Waals surface area contributed by atoms with Crippen molar-refractivity contribution in [2.75, 3.05) is 31.2 Å². The summed E-state index contributed by atoms with van der Waals surface area (Å²) >= 11 is 0. The first-order valence-corrected chi connectivity index (χ1v) is 7.85. The fourth-order valence-corrected chi connectivity index (χ4v) is 2.72. The van der Waals surface area contributed by atoms with Gasteiger partial charge in [-0.2, -0.15) is 10.5 Å². The molecule has 0 atom stereocenters. The van der Waals surface area contributed by atoms with Gasteiger partial charge in [-0.15, -0.1) is 0 Å². The Labute approximate surface area is 149 Å². The Hall–Kier alpha value is -3.62. The lowest BCUT2D eigenvalue weighted by atomic mass is 10.1. The van der Waals surface area contributed by atoms with Crippen LogP contribution in [0.2, 0.25) is 0 Å². The fraction of sp³-hybridized carbons (Fsp3) is 0.222. The topological polar surface area (TPSA) is 116 Å².